The molecule has 0 aromatic rings. The van der Waals surface area contributed by atoms with Gasteiger partial charge in [0, 0.05) is 26.0 Å². The Morgan fingerprint density at radius 1 is 0.540 bits per heavy atom. The highest BCUT2D eigenvalue weighted by Crippen LogP contribution is 2.42. The molecule has 0 heterocycles. The second-order valence-corrected chi connectivity index (χ2v) is 18.3. The van der Waals surface area contributed by atoms with E-state index in [0.29, 0.717) is 31.1 Å². The molecule has 0 bridgehead atoms. The quantitative estimate of drug-likeness (QED) is 0.0256. The fraction of sp³-hybridized carbons (Fsp3) is 0.870. The Hall–Kier alpha value is -2.39. The van der Waals surface area contributed by atoms with Crippen LogP contribution in [0.25, 0.3) is 0 Å². The number of hydrogen-bond acceptors (Lipinski definition) is 9. The van der Waals surface area contributed by atoms with Crippen LogP contribution in [0.5, 0.6) is 0 Å². The highest BCUT2D eigenvalue weighted by Gasteiger charge is 2.37. The zero-order valence-corrected chi connectivity index (χ0v) is 41.7. The molecule has 1 aliphatic carbocycles. The van der Waals surface area contributed by atoms with Crippen LogP contribution in [0.1, 0.15) is 227 Å². The molecule has 0 saturated heterocycles. The van der Waals surface area contributed by atoms with Gasteiger partial charge in [-0.15, -0.1) is 0 Å². The van der Waals surface area contributed by atoms with Crippen LogP contribution in [0.3, 0.4) is 0 Å². The maximum atomic E-state index is 13.2. The molecular formula is C54H99NO8. The van der Waals surface area contributed by atoms with Gasteiger partial charge < -0.3 is 28.6 Å². The SMILES string of the molecule is CCCCC/C=C\C/C=C\CCCCCCCC(=O)OCC(COC(=O)CCC(OCCCCCCCC)C1CCC1CCCCCCCC)COC(=O)OCCCN(CC)CC. The Morgan fingerprint density at radius 3 is 1.70 bits per heavy atom. The molecule has 1 aliphatic rings. The molecule has 0 aromatic carbocycles. The van der Waals surface area contributed by atoms with Crippen molar-refractivity contribution in [3.63, 3.8) is 0 Å². The number of allylic oxidation sites excluding steroid dienone is 4. The van der Waals surface area contributed by atoms with Crippen LogP contribution in [0.15, 0.2) is 24.3 Å². The first kappa shape index (κ1) is 58.6. The van der Waals surface area contributed by atoms with Crippen molar-refractivity contribution < 1.29 is 38.1 Å². The summed E-state index contributed by atoms with van der Waals surface area (Å²) >= 11 is 0. The van der Waals surface area contributed by atoms with Gasteiger partial charge in [-0.2, -0.15) is 0 Å². The number of rotatable bonds is 45. The van der Waals surface area contributed by atoms with Gasteiger partial charge in [0.1, 0.15) is 19.8 Å². The lowest BCUT2D eigenvalue weighted by Crippen LogP contribution is -2.38. The van der Waals surface area contributed by atoms with Crippen LogP contribution in [0, 0.1) is 17.8 Å². The maximum Gasteiger partial charge on any atom is 0.508 e. The molecule has 1 fully saturated rings. The van der Waals surface area contributed by atoms with Gasteiger partial charge in [-0.05, 0) is 95.6 Å². The Bertz CT molecular complexity index is 1120. The van der Waals surface area contributed by atoms with Crippen molar-refractivity contribution >= 4 is 18.1 Å². The first-order valence-corrected chi connectivity index (χ1v) is 26.6. The molecule has 0 aliphatic heterocycles. The molecule has 1 rings (SSSR count). The minimum atomic E-state index is -0.760. The zero-order chi connectivity index (χ0) is 45.9. The van der Waals surface area contributed by atoms with Crippen molar-refractivity contribution in [1.82, 2.24) is 4.90 Å². The van der Waals surface area contributed by atoms with Gasteiger partial charge in [0.2, 0.25) is 0 Å². The summed E-state index contributed by atoms with van der Waals surface area (Å²) in [6.07, 6.45) is 41.6. The average Bonchev–Trinajstić information content (AvgIpc) is 3.28. The average molecular weight is 890 g/mol. The van der Waals surface area contributed by atoms with Crippen molar-refractivity contribution in [2.75, 3.05) is 52.7 Å². The fourth-order valence-electron chi connectivity index (χ4n) is 8.43. The van der Waals surface area contributed by atoms with Gasteiger partial charge in [0.15, 0.2) is 0 Å². The van der Waals surface area contributed by atoms with E-state index in [4.69, 9.17) is 23.7 Å². The predicted molar refractivity (Wildman–Crippen MR) is 261 cm³/mol. The molecule has 0 amide bonds. The first-order valence-electron chi connectivity index (χ1n) is 26.6. The third kappa shape index (κ3) is 34.6. The molecule has 9 heteroatoms. The zero-order valence-electron chi connectivity index (χ0n) is 41.7. The monoisotopic (exact) mass is 890 g/mol. The first-order chi connectivity index (χ1) is 30.9. The molecule has 0 radical (unpaired) electrons. The summed E-state index contributed by atoms with van der Waals surface area (Å²) in [7, 11) is 0. The highest BCUT2D eigenvalue weighted by molar-refractivity contribution is 5.69. The molecule has 0 N–H and O–H groups in total. The Labute approximate surface area is 388 Å². The lowest BCUT2D eigenvalue weighted by atomic mass is 9.67. The molecule has 0 spiro atoms. The van der Waals surface area contributed by atoms with Gasteiger partial charge in [-0.25, -0.2) is 4.79 Å². The second-order valence-electron chi connectivity index (χ2n) is 18.3. The number of carbonyl (C=O) groups is 3. The van der Waals surface area contributed by atoms with E-state index in [-0.39, 0.29) is 50.9 Å². The number of hydrogen-bond donors (Lipinski definition) is 0. The summed E-state index contributed by atoms with van der Waals surface area (Å²) < 4.78 is 28.7. The molecule has 4 atom stereocenters. The summed E-state index contributed by atoms with van der Waals surface area (Å²) in [5.41, 5.74) is 0. The van der Waals surface area contributed by atoms with Crippen LogP contribution in [-0.4, -0.2) is 81.8 Å². The molecule has 368 valence electrons. The largest absolute Gasteiger partial charge is 0.508 e. The van der Waals surface area contributed by atoms with E-state index in [9.17, 15) is 14.4 Å². The summed E-state index contributed by atoms with van der Waals surface area (Å²) in [6, 6.07) is 0. The molecule has 0 aromatic heterocycles. The second kappa shape index (κ2) is 43.5. The van der Waals surface area contributed by atoms with E-state index in [2.05, 4.69) is 63.8 Å². The van der Waals surface area contributed by atoms with E-state index in [1.807, 2.05) is 0 Å². The van der Waals surface area contributed by atoms with Crippen molar-refractivity contribution in [3.05, 3.63) is 24.3 Å². The normalized spacial score (nSPS) is 16.1. The Morgan fingerprint density at radius 2 is 1.08 bits per heavy atom. The smallest absolute Gasteiger partial charge is 0.465 e. The van der Waals surface area contributed by atoms with Gasteiger partial charge in [-0.3, -0.25) is 9.59 Å². The standard InChI is InChI=1S/C54H99NO8/c1-6-11-14-17-20-21-22-23-24-25-26-27-28-30-33-37-52(56)61-45-48(47-63-54(58)60-44-35-42-55(9-4)10-5)46-62-53(57)41-40-51(59-43-34-31-19-16-13-8-3)50-39-38-49(50)36-32-29-18-15-12-7-2/h20-21,23-24,48-51H,6-19,22,25-47H2,1-5H3/b21-20-,24-23-. The third-order valence-electron chi connectivity index (χ3n) is 12.8. The van der Waals surface area contributed by atoms with Crippen LogP contribution < -0.4 is 0 Å². The predicted octanol–water partition coefficient (Wildman–Crippen LogP) is 14.7. The molecular weight excluding hydrogens is 791 g/mol. The molecule has 4 unspecified atom stereocenters. The van der Waals surface area contributed by atoms with Crippen LogP contribution in [0.4, 0.5) is 4.79 Å². The lowest BCUT2D eigenvalue weighted by Gasteiger charge is -2.42. The summed E-state index contributed by atoms with van der Waals surface area (Å²) in [5.74, 6) is 0.123. The number of esters is 2. The van der Waals surface area contributed by atoms with Crippen LogP contribution >= 0.6 is 0 Å². The maximum absolute atomic E-state index is 13.2. The number of carbonyl (C=O) groups excluding carboxylic acids is 3. The molecule has 1 saturated carbocycles. The van der Waals surface area contributed by atoms with Crippen molar-refractivity contribution in [2.24, 2.45) is 17.8 Å². The number of unbranched alkanes of at least 4 members (excludes halogenated alkanes) is 18. The van der Waals surface area contributed by atoms with Crippen molar-refractivity contribution in [3.8, 4) is 0 Å². The van der Waals surface area contributed by atoms with E-state index in [0.717, 1.165) is 77.6 Å². The summed E-state index contributed by atoms with van der Waals surface area (Å²) in [6.45, 7) is 14.7. The summed E-state index contributed by atoms with van der Waals surface area (Å²) in [4.78, 5) is 40.7. The van der Waals surface area contributed by atoms with Crippen LogP contribution in [0.2, 0.25) is 0 Å². The Kier molecular flexibility index (Phi) is 40.5. The fourth-order valence-corrected chi connectivity index (χ4v) is 8.43. The topological polar surface area (TPSA) is 101 Å². The van der Waals surface area contributed by atoms with Gasteiger partial charge >= 0.3 is 18.1 Å². The molecule has 9 nitrogen and oxygen atoms in total. The van der Waals surface area contributed by atoms with Crippen LogP contribution in [-0.2, 0) is 33.3 Å². The highest BCUT2D eigenvalue weighted by atomic mass is 16.7. The molecule has 63 heavy (non-hydrogen) atoms. The van der Waals surface area contributed by atoms with Gasteiger partial charge in [0.25, 0.3) is 0 Å². The minimum Gasteiger partial charge on any atom is -0.465 e. The number of ether oxygens (including phenoxy) is 5. The van der Waals surface area contributed by atoms with Gasteiger partial charge in [-0.1, -0.05) is 168 Å². The third-order valence-corrected chi connectivity index (χ3v) is 12.8. The van der Waals surface area contributed by atoms with Gasteiger partial charge in [0.05, 0.1) is 18.6 Å². The lowest BCUT2D eigenvalue weighted by molar-refractivity contribution is -0.151. The summed E-state index contributed by atoms with van der Waals surface area (Å²) in [5, 5.41) is 0. The van der Waals surface area contributed by atoms with Crippen molar-refractivity contribution in [2.45, 2.75) is 233 Å². The minimum absolute atomic E-state index is 0.00157. The van der Waals surface area contributed by atoms with Crippen molar-refractivity contribution in [1.29, 1.82) is 0 Å². The Balaban J connectivity index is 2.61. The number of nitrogens with zero attached hydrogens (tertiary/aromatic N) is 1. The van der Waals surface area contributed by atoms with E-state index < -0.39 is 12.1 Å². The van der Waals surface area contributed by atoms with E-state index >= 15 is 0 Å². The van der Waals surface area contributed by atoms with E-state index in [1.54, 1.807) is 0 Å². The van der Waals surface area contributed by atoms with E-state index in [1.165, 1.54) is 116 Å².